The Kier molecular flexibility index (Phi) is 6.81. The Morgan fingerprint density at radius 2 is 2.35 bits per heavy atom. The van der Waals surface area contributed by atoms with Crippen molar-refractivity contribution in [2.24, 2.45) is 5.92 Å². The Hall–Kier alpha value is -0.940. The van der Waals surface area contributed by atoms with Crippen molar-refractivity contribution in [1.82, 2.24) is 20.1 Å². The van der Waals surface area contributed by atoms with Crippen LogP contribution in [0.3, 0.4) is 0 Å². The topological polar surface area (TPSA) is 52.0 Å². The zero-order valence-electron chi connectivity index (χ0n) is 11.1. The second-order valence-electron chi connectivity index (χ2n) is 4.42. The van der Waals surface area contributed by atoms with Gasteiger partial charge in [-0.3, -0.25) is 0 Å². The molecule has 0 radical (unpaired) electrons. The van der Waals surface area contributed by atoms with Gasteiger partial charge in [0.05, 0.1) is 13.2 Å². The first-order chi connectivity index (χ1) is 8.27. The van der Waals surface area contributed by atoms with Crippen molar-refractivity contribution < 1.29 is 4.74 Å². The lowest BCUT2D eigenvalue weighted by Gasteiger charge is -2.12. The SMILES string of the molecule is CCCC(C)Cn1ncnc1CNCCOC. The molecule has 1 rings (SSSR count). The minimum Gasteiger partial charge on any atom is -0.383 e. The van der Waals surface area contributed by atoms with Crippen molar-refractivity contribution >= 4 is 0 Å². The van der Waals surface area contributed by atoms with Gasteiger partial charge in [0.2, 0.25) is 0 Å². The predicted molar refractivity (Wildman–Crippen MR) is 67.7 cm³/mol. The van der Waals surface area contributed by atoms with Crippen LogP contribution in [-0.4, -0.2) is 35.0 Å². The van der Waals surface area contributed by atoms with Crippen molar-refractivity contribution in [2.75, 3.05) is 20.3 Å². The van der Waals surface area contributed by atoms with Gasteiger partial charge < -0.3 is 10.1 Å². The normalized spacial score (nSPS) is 12.9. The molecule has 1 atom stereocenters. The highest BCUT2D eigenvalue weighted by molar-refractivity contribution is 4.84. The predicted octanol–water partition coefficient (Wildman–Crippen LogP) is 1.45. The summed E-state index contributed by atoms with van der Waals surface area (Å²) in [4.78, 5) is 4.28. The Balaban J connectivity index is 2.37. The summed E-state index contributed by atoms with van der Waals surface area (Å²) in [5, 5.41) is 7.56. The summed E-state index contributed by atoms with van der Waals surface area (Å²) in [5.74, 6) is 1.66. The first-order valence-corrected chi connectivity index (χ1v) is 6.34. The van der Waals surface area contributed by atoms with Crippen LogP contribution in [0.2, 0.25) is 0 Å². The second kappa shape index (κ2) is 8.20. The fraction of sp³-hybridized carbons (Fsp3) is 0.833. The van der Waals surface area contributed by atoms with Gasteiger partial charge in [-0.05, 0) is 12.3 Å². The van der Waals surface area contributed by atoms with Crippen LogP contribution in [0.15, 0.2) is 6.33 Å². The van der Waals surface area contributed by atoms with Crippen LogP contribution in [-0.2, 0) is 17.8 Å². The lowest BCUT2D eigenvalue weighted by atomic mass is 10.1. The van der Waals surface area contributed by atoms with E-state index in [1.165, 1.54) is 12.8 Å². The molecule has 0 saturated carbocycles. The summed E-state index contributed by atoms with van der Waals surface area (Å²) in [7, 11) is 1.70. The third-order valence-corrected chi connectivity index (χ3v) is 2.73. The fourth-order valence-electron chi connectivity index (χ4n) is 1.83. The molecule has 0 fully saturated rings. The van der Waals surface area contributed by atoms with E-state index in [1.54, 1.807) is 13.4 Å². The van der Waals surface area contributed by atoms with E-state index in [0.717, 1.165) is 32.1 Å². The summed E-state index contributed by atoms with van der Waals surface area (Å²) in [5.41, 5.74) is 0. The monoisotopic (exact) mass is 240 g/mol. The fourth-order valence-corrected chi connectivity index (χ4v) is 1.83. The summed E-state index contributed by atoms with van der Waals surface area (Å²) in [6, 6.07) is 0. The third kappa shape index (κ3) is 5.28. The van der Waals surface area contributed by atoms with Crippen molar-refractivity contribution in [3.63, 3.8) is 0 Å². The Bertz CT molecular complexity index is 300. The van der Waals surface area contributed by atoms with Crippen LogP contribution in [0.4, 0.5) is 0 Å². The molecule has 1 aromatic heterocycles. The number of aromatic nitrogens is 3. The first-order valence-electron chi connectivity index (χ1n) is 6.34. The summed E-state index contributed by atoms with van der Waals surface area (Å²) in [6.45, 7) is 7.74. The molecule has 5 heteroatoms. The van der Waals surface area contributed by atoms with E-state index < -0.39 is 0 Å². The molecule has 0 amide bonds. The van der Waals surface area contributed by atoms with Gasteiger partial charge in [0.1, 0.15) is 12.2 Å². The van der Waals surface area contributed by atoms with E-state index in [-0.39, 0.29) is 0 Å². The number of ether oxygens (including phenoxy) is 1. The maximum atomic E-state index is 4.98. The summed E-state index contributed by atoms with van der Waals surface area (Å²) < 4.78 is 6.98. The molecule has 1 aromatic rings. The van der Waals surface area contributed by atoms with E-state index in [2.05, 4.69) is 29.2 Å². The van der Waals surface area contributed by atoms with E-state index in [1.807, 2.05) is 4.68 Å². The molecule has 1 heterocycles. The molecule has 0 spiro atoms. The van der Waals surface area contributed by atoms with Gasteiger partial charge in [-0.25, -0.2) is 9.67 Å². The molecule has 0 bridgehead atoms. The molecule has 5 nitrogen and oxygen atoms in total. The lowest BCUT2D eigenvalue weighted by Crippen LogP contribution is -2.22. The minimum atomic E-state index is 0.652. The molecule has 98 valence electrons. The molecule has 0 saturated heterocycles. The summed E-state index contributed by atoms with van der Waals surface area (Å²) >= 11 is 0. The van der Waals surface area contributed by atoms with E-state index in [0.29, 0.717) is 5.92 Å². The van der Waals surface area contributed by atoms with Gasteiger partial charge in [-0.15, -0.1) is 0 Å². The number of hydrogen-bond donors (Lipinski definition) is 1. The largest absolute Gasteiger partial charge is 0.383 e. The quantitative estimate of drug-likeness (QED) is 0.664. The van der Waals surface area contributed by atoms with Crippen LogP contribution >= 0.6 is 0 Å². The van der Waals surface area contributed by atoms with Crippen LogP contribution in [0.5, 0.6) is 0 Å². The average molecular weight is 240 g/mol. The van der Waals surface area contributed by atoms with Crippen molar-refractivity contribution in [3.05, 3.63) is 12.2 Å². The molecule has 0 aliphatic rings. The Morgan fingerprint density at radius 1 is 1.53 bits per heavy atom. The Labute approximate surface area is 104 Å². The highest BCUT2D eigenvalue weighted by Crippen LogP contribution is 2.08. The van der Waals surface area contributed by atoms with Gasteiger partial charge >= 0.3 is 0 Å². The van der Waals surface area contributed by atoms with Gasteiger partial charge in [0.25, 0.3) is 0 Å². The van der Waals surface area contributed by atoms with Crippen LogP contribution in [0.25, 0.3) is 0 Å². The van der Waals surface area contributed by atoms with Crippen LogP contribution in [0, 0.1) is 5.92 Å². The molecule has 0 aromatic carbocycles. The van der Waals surface area contributed by atoms with Gasteiger partial charge in [0, 0.05) is 20.2 Å². The summed E-state index contributed by atoms with van der Waals surface area (Å²) in [6.07, 6.45) is 4.08. The standard InChI is InChI=1S/C12H24N4O/c1-4-5-11(2)9-16-12(14-10-15-16)8-13-6-7-17-3/h10-11,13H,4-9H2,1-3H3. The maximum absolute atomic E-state index is 4.98. The van der Waals surface area contributed by atoms with Gasteiger partial charge in [-0.2, -0.15) is 5.10 Å². The van der Waals surface area contributed by atoms with E-state index in [4.69, 9.17) is 4.74 Å². The second-order valence-corrected chi connectivity index (χ2v) is 4.42. The highest BCUT2D eigenvalue weighted by atomic mass is 16.5. The zero-order chi connectivity index (χ0) is 12.5. The molecule has 1 N–H and O–H groups in total. The number of methoxy groups -OCH3 is 1. The number of nitrogens with zero attached hydrogens (tertiary/aromatic N) is 3. The van der Waals surface area contributed by atoms with Crippen molar-refractivity contribution in [2.45, 2.75) is 39.8 Å². The molecule has 0 aliphatic heterocycles. The maximum Gasteiger partial charge on any atom is 0.140 e. The zero-order valence-corrected chi connectivity index (χ0v) is 11.1. The van der Waals surface area contributed by atoms with Crippen LogP contribution < -0.4 is 5.32 Å². The van der Waals surface area contributed by atoms with Crippen molar-refractivity contribution in [3.8, 4) is 0 Å². The molecular weight excluding hydrogens is 216 g/mol. The highest BCUT2D eigenvalue weighted by Gasteiger charge is 2.07. The van der Waals surface area contributed by atoms with Gasteiger partial charge in [0.15, 0.2) is 0 Å². The Morgan fingerprint density at radius 3 is 3.06 bits per heavy atom. The number of hydrogen-bond acceptors (Lipinski definition) is 4. The average Bonchev–Trinajstić information content (AvgIpc) is 2.72. The number of rotatable bonds is 9. The smallest absolute Gasteiger partial charge is 0.140 e. The first kappa shape index (κ1) is 14.1. The molecule has 17 heavy (non-hydrogen) atoms. The third-order valence-electron chi connectivity index (χ3n) is 2.73. The molecule has 0 aliphatic carbocycles. The minimum absolute atomic E-state index is 0.652. The number of nitrogens with one attached hydrogen (secondary N) is 1. The lowest BCUT2D eigenvalue weighted by molar-refractivity contribution is 0.198. The van der Waals surface area contributed by atoms with E-state index >= 15 is 0 Å². The molecule has 1 unspecified atom stereocenters. The van der Waals surface area contributed by atoms with Gasteiger partial charge in [-0.1, -0.05) is 20.3 Å². The van der Waals surface area contributed by atoms with E-state index in [9.17, 15) is 0 Å². The van der Waals surface area contributed by atoms with Crippen molar-refractivity contribution in [1.29, 1.82) is 0 Å². The molecular formula is C12H24N4O. The van der Waals surface area contributed by atoms with Crippen LogP contribution in [0.1, 0.15) is 32.5 Å².